The molecular weight excluding hydrogens is 941 g/mol. The van der Waals surface area contributed by atoms with Gasteiger partial charge in [0.15, 0.2) is 19.7 Å². The lowest BCUT2D eigenvalue weighted by atomic mass is 10.1. The third kappa shape index (κ3) is 6.62. The van der Waals surface area contributed by atoms with Crippen LogP contribution in [0.1, 0.15) is 12.3 Å². The molecule has 0 amide bonds. The number of benzene rings is 11. The van der Waals surface area contributed by atoms with Gasteiger partial charge in [0, 0.05) is 43.4 Å². The van der Waals surface area contributed by atoms with Crippen molar-refractivity contribution in [1.29, 1.82) is 0 Å². The van der Waals surface area contributed by atoms with E-state index in [9.17, 15) is 8.22 Å². The predicted molar refractivity (Wildman–Crippen MR) is 317 cm³/mol. The van der Waals surface area contributed by atoms with Crippen LogP contribution in [0.15, 0.2) is 279 Å². The van der Waals surface area contributed by atoms with Crippen molar-refractivity contribution in [1.82, 2.24) is 28.7 Å². The molecule has 0 atom stereocenters. The highest BCUT2D eigenvalue weighted by Gasteiger charge is 2.41. The van der Waals surface area contributed by atoms with Gasteiger partial charge in [0.1, 0.15) is 0 Å². The SMILES string of the molecule is [2H]c1c([2H])c([2H])c(-c2nc(-c3c([2H])c([2H])c([Si](c4ccccc4)(c4ccccc4)c4ccccc4)c([2H])c3[2H])nc(-n3c4ccccc4c4cccc(-n5c6ccccc6c6c(-n7c8ccccc8c8ccccc87)cccc65)c43)n2)c([2H])c1[2H]. The summed E-state index contributed by atoms with van der Waals surface area (Å²) in [7, 11) is -3.69. The molecule has 0 bridgehead atoms. The zero-order chi connectivity index (χ0) is 58.0. The first kappa shape index (κ1) is 35.2. The highest BCUT2D eigenvalue weighted by molar-refractivity contribution is 7.19. The second-order valence-electron chi connectivity index (χ2n) is 18.8. The van der Waals surface area contributed by atoms with Crippen molar-refractivity contribution >= 4 is 94.2 Å². The van der Waals surface area contributed by atoms with Gasteiger partial charge in [-0.2, -0.15) is 9.97 Å². The minimum Gasteiger partial charge on any atom is -0.309 e. The lowest BCUT2D eigenvalue weighted by molar-refractivity contribution is 0.950. The fraction of sp³-hybridized carbons (Fsp3) is 0. The van der Waals surface area contributed by atoms with Gasteiger partial charge in [-0.15, -0.1) is 0 Å². The number of nitrogens with zero attached hydrogens (tertiary/aromatic N) is 6. The monoisotopic (exact) mass is 995 g/mol. The fourth-order valence-electron chi connectivity index (χ4n) is 11.7. The van der Waals surface area contributed by atoms with Crippen molar-refractivity contribution in [2.24, 2.45) is 0 Å². The van der Waals surface area contributed by atoms with Gasteiger partial charge in [-0.05, 0) is 63.2 Å². The molecule has 0 aliphatic carbocycles. The third-order valence-electron chi connectivity index (χ3n) is 14.8. The molecule has 0 radical (unpaired) electrons. The summed E-state index contributed by atoms with van der Waals surface area (Å²) < 4.78 is 91.9. The van der Waals surface area contributed by atoms with E-state index in [-0.39, 0.29) is 46.0 Å². The summed E-state index contributed by atoms with van der Waals surface area (Å²) in [6.07, 6.45) is 0. The molecule has 0 unspecified atom stereocenters. The van der Waals surface area contributed by atoms with Crippen LogP contribution in [-0.4, -0.2) is 36.7 Å². The van der Waals surface area contributed by atoms with E-state index in [2.05, 4.69) is 88.0 Å². The van der Waals surface area contributed by atoms with Crippen LogP contribution in [0, 0.1) is 0 Å². The van der Waals surface area contributed by atoms with Crippen LogP contribution in [0.25, 0.3) is 106 Å². The summed E-state index contributed by atoms with van der Waals surface area (Å²) >= 11 is 0. The summed E-state index contributed by atoms with van der Waals surface area (Å²) in [4.78, 5) is 15.2. The molecule has 4 aromatic heterocycles. The maximum atomic E-state index is 10.2. The number of fused-ring (bicyclic) bond motifs is 9. The Hall–Kier alpha value is -9.95. The summed E-state index contributed by atoms with van der Waals surface area (Å²) in [5.41, 5.74) is 6.41. The van der Waals surface area contributed by atoms with E-state index in [0.717, 1.165) is 81.3 Å². The van der Waals surface area contributed by atoms with Crippen LogP contribution < -0.4 is 20.7 Å². The molecule has 0 N–H and O–H groups in total. The molecule has 15 rings (SSSR count). The highest BCUT2D eigenvalue weighted by atomic mass is 28.3. The number of hydrogen-bond donors (Lipinski definition) is 0. The largest absolute Gasteiger partial charge is 0.309 e. The molecule has 76 heavy (non-hydrogen) atoms. The van der Waals surface area contributed by atoms with Crippen molar-refractivity contribution in [3.05, 3.63) is 279 Å². The van der Waals surface area contributed by atoms with Gasteiger partial charge in [-0.1, -0.05) is 236 Å². The van der Waals surface area contributed by atoms with Crippen LogP contribution in [0.2, 0.25) is 0 Å². The van der Waals surface area contributed by atoms with Crippen molar-refractivity contribution < 1.29 is 12.3 Å². The summed E-state index contributed by atoms with van der Waals surface area (Å²) in [6.45, 7) is 0. The van der Waals surface area contributed by atoms with E-state index >= 15 is 0 Å². The van der Waals surface area contributed by atoms with E-state index in [0.29, 0.717) is 11.0 Å². The first-order valence-electron chi connectivity index (χ1n) is 29.6. The second kappa shape index (κ2) is 17.6. The van der Waals surface area contributed by atoms with Crippen molar-refractivity contribution in [2.75, 3.05) is 0 Å². The molecule has 7 heteroatoms. The molecule has 0 saturated heterocycles. The Morgan fingerprint density at radius 1 is 0.303 bits per heavy atom. The Morgan fingerprint density at radius 2 is 0.711 bits per heavy atom. The number of aromatic nitrogens is 6. The Morgan fingerprint density at radius 3 is 1.28 bits per heavy atom. The fourth-order valence-corrected chi connectivity index (χ4v) is 16.1. The molecule has 15 aromatic rings. The maximum absolute atomic E-state index is 10.2. The van der Waals surface area contributed by atoms with E-state index in [4.69, 9.17) is 19.1 Å². The van der Waals surface area contributed by atoms with E-state index < -0.39 is 50.4 Å². The topological polar surface area (TPSA) is 53.5 Å². The average molecular weight is 996 g/mol. The summed E-state index contributed by atoms with van der Waals surface area (Å²) in [5.74, 6) is -0.673. The van der Waals surface area contributed by atoms with Crippen LogP contribution in [0.4, 0.5) is 0 Å². The standard InChI is InChI=1S/C69H46N6Si/c1-5-23-47(24-6-1)67-70-68(48-43-45-52(46-44-48)76(49-25-7-2-8-26-49,50-27-9-3-10-28-50)51-29-11-4-12-30-51)72-69(71-67)75-60-38-19-15-33-55(60)56-35-21-42-64(66(56)75)74-61-39-20-16-34-57(61)65-62(40-22-41-63(65)74)73-58-36-17-13-31-53(58)54-32-14-18-37-59(54)73/h1-46H/i1D,5D,6D,23D,24D,43D,44D,45D,46D. The Balaban J connectivity index is 1.04. The molecular formula is C69H46N6Si. The molecule has 6 nitrogen and oxygen atoms in total. The van der Waals surface area contributed by atoms with E-state index in [1.54, 1.807) is 0 Å². The predicted octanol–water partition coefficient (Wildman–Crippen LogP) is 13.9. The van der Waals surface area contributed by atoms with Crippen molar-refractivity contribution in [3.8, 4) is 40.1 Å². The van der Waals surface area contributed by atoms with E-state index in [1.165, 1.54) is 0 Å². The Bertz CT molecular complexity index is 5050. The van der Waals surface area contributed by atoms with Crippen LogP contribution >= 0.6 is 0 Å². The normalized spacial score (nSPS) is 13.6. The molecule has 0 fully saturated rings. The smallest absolute Gasteiger partial charge is 0.238 e. The first-order chi connectivity index (χ1) is 41.5. The molecule has 4 heterocycles. The number of para-hydroxylation sites is 5. The molecule has 0 saturated carbocycles. The Labute approximate surface area is 452 Å². The minimum atomic E-state index is -3.69. The number of rotatable bonds is 9. The average Bonchev–Trinajstić information content (AvgIpc) is 1.97. The van der Waals surface area contributed by atoms with Crippen LogP contribution in [0.3, 0.4) is 0 Å². The molecule has 356 valence electrons. The quantitative estimate of drug-likeness (QED) is 0.107. The van der Waals surface area contributed by atoms with Gasteiger partial charge in [-0.25, -0.2) is 4.98 Å². The Kier molecular flexibility index (Phi) is 8.17. The van der Waals surface area contributed by atoms with Gasteiger partial charge in [0.25, 0.3) is 0 Å². The molecule has 11 aromatic carbocycles. The molecule has 0 spiro atoms. The van der Waals surface area contributed by atoms with Gasteiger partial charge in [0.05, 0.1) is 56.8 Å². The molecule has 0 aliphatic heterocycles. The zero-order valence-electron chi connectivity index (χ0n) is 49.5. The first-order valence-corrected chi connectivity index (χ1v) is 27.1. The van der Waals surface area contributed by atoms with Crippen molar-refractivity contribution in [3.63, 3.8) is 0 Å². The molecule has 0 aliphatic rings. The lowest BCUT2D eigenvalue weighted by Crippen LogP contribution is -2.74. The highest BCUT2D eigenvalue weighted by Crippen LogP contribution is 2.43. The van der Waals surface area contributed by atoms with E-state index in [1.807, 2.05) is 150 Å². The number of hydrogen-bond acceptors (Lipinski definition) is 3. The van der Waals surface area contributed by atoms with Crippen LogP contribution in [-0.2, 0) is 0 Å². The van der Waals surface area contributed by atoms with Crippen molar-refractivity contribution in [2.45, 2.75) is 0 Å². The summed E-state index contributed by atoms with van der Waals surface area (Å²) in [6, 6.07) is 70.2. The van der Waals surface area contributed by atoms with Gasteiger partial charge in [-0.3, -0.25) is 4.57 Å². The minimum absolute atomic E-state index is 0.0558. The second-order valence-corrected chi connectivity index (χ2v) is 22.5. The van der Waals surface area contributed by atoms with Gasteiger partial charge >= 0.3 is 0 Å². The van der Waals surface area contributed by atoms with Gasteiger partial charge in [0.2, 0.25) is 5.95 Å². The maximum Gasteiger partial charge on any atom is 0.238 e. The van der Waals surface area contributed by atoms with Crippen LogP contribution in [0.5, 0.6) is 0 Å². The zero-order valence-corrected chi connectivity index (χ0v) is 41.5. The van der Waals surface area contributed by atoms with Gasteiger partial charge < -0.3 is 9.13 Å². The lowest BCUT2D eigenvalue weighted by Gasteiger charge is -2.34. The third-order valence-corrected chi connectivity index (χ3v) is 19.4. The summed E-state index contributed by atoms with van der Waals surface area (Å²) in [5, 5.41) is 8.72.